The topological polar surface area (TPSA) is 55.4 Å². The molecule has 0 spiro atoms. The van der Waals surface area contributed by atoms with Crippen LogP contribution in [0.15, 0.2) is 41.3 Å². The third-order valence-corrected chi connectivity index (χ3v) is 5.18. The van der Waals surface area contributed by atoms with E-state index in [-0.39, 0.29) is 4.90 Å². The third-order valence-electron chi connectivity index (χ3n) is 3.82. The van der Waals surface area contributed by atoms with E-state index in [4.69, 9.17) is 4.74 Å². The zero-order valence-corrected chi connectivity index (χ0v) is 12.8. The van der Waals surface area contributed by atoms with E-state index in [2.05, 4.69) is 4.72 Å². The Morgan fingerprint density at radius 2 is 1.95 bits per heavy atom. The van der Waals surface area contributed by atoms with Gasteiger partial charge in [-0.25, -0.2) is 8.42 Å². The van der Waals surface area contributed by atoms with E-state index in [1.165, 1.54) is 0 Å². The Bertz CT molecular complexity index is 797. The molecular formula is C16H17NO3S. The number of sulfonamides is 1. The molecule has 110 valence electrons. The normalized spacial score (nSPS) is 13.6. The van der Waals surface area contributed by atoms with Crippen LogP contribution in [0.5, 0.6) is 5.75 Å². The minimum absolute atomic E-state index is 0.271. The fraction of sp³-hybridized carbons (Fsp3) is 0.250. The first-order chi connectivity index (χ1) is 9.97. The number of nitrogens with one attached hydrogen (secondary N) is 1. The van der Waals surface area contributed by atoms with Crippen molar-refractivity contribution in [3.8, 4) is 5.75 Å². The van der Waals surface area contributed by atoms with Crippen molar-refractivity contribution in [1.29, 1.82) is 0 Å². The van der Waals surface area contributed by atoms with Gasteiger partial charge in [0.25, 0.3) is 10.0 Å². The van der Waals surface area contributed by atoms with Crippen molar-refractivity contribution in [1.82, 2.24) is 0 Å². The number of anilines is 1. The lowest BCUT2D eigenvalue weighted by Crippen LogP contribution is -2.14. The first kappa shape index (κ1) is 13.9. The molecule has 1 heterocycles. The molecule has 0 radical (unpaired) electrons. The lowest BCUT2D eigenvalue weighted by atomic mass is 10.1. The summed E-state index contributed by atoms with van der Waals surface area (Å²) in [6.07, 6.45) is 0.752. The Morgan fingerprint density at radius 1 is 1.14 bits per heavy atom. The maximum absolute atomic E-state index is 12.5. The quantitative estimate of drug-likeness (QED) is 0.948. The smallest absolute Gasteiger partial charge is 0.261 e. The highest BCUT2D eigenvalue weighted by Gasteiger charge is 2.20. The number of hydrogen-bond donors (Lipinski definition) is 1. The summed E-state index contributed by atoms with van der Waals surface area (Å²) >= 11 is 0. The maximum atomic E-state index is 12.5. The first-order valence-electron chi connectivity index (χ1n) is 6.82. The minimum Gasteiger partial charge on any atom is -0.493 e. The Hall–Kier alpha value is -2.01. The molecule has 0 aromatic heterocycles. The Morgan fingerprint density at radius 3 is 2.76 bits per heavy atom. The van der Waals surface area contributed by atoms with Crippen LogP contribution in [0.2, 0.25) is 0 Å². The van der Waals surface area contributed by atoms with E-state index in [0.717, 1.165) is 28.9 Å². The standard InChI is InChI=1S/C16H17NO3S/c1-11-4-3-5-15(12(11)2)17-21(18,19)14-6-7-16-13(10-14)8-9-20-16/h3-7,10,17H,8-9H2,1-2H3. The van der Waals surface area contributed by atoms with Gasteiger partial charge in [0.1, 0.15) is 5.75 Å². The van der Waals surface area contributed by atoms with Crippen LogP contribution in [0.1, 0.15) is 16.7 Å². The largest absolute Gasteiger partial charge is 0.493 e. The first-order valence-corrected chi connectivity index (χ1v) is 8.30. The highest BCUT2D eigenvalue weighted by atomic mass is 32.2. The van der Waals surface area contributed by atoms with Crippen LogP contribution in [0, 0.1) is 13.8 Å². The second kappa shape index (κ2) is 5.07. The van der Waals surface area contributed by atoms with Gasteiger partial charge in [-0.15, -0.1) is 0 Å². The number of fused-ring (bicyclic) bond motifs is 1. The number of rotatable bonds is 3. The molecule has 0 unspecified atom stereocenters. The molecule has 5 heteroatoms. The molecule has 0 saturated carbocycles. The fourth-order valence-electron chi connectivity index (χ4n) is 2.40. The average molecular weight is 303 g/mol. The van der Waals surface area contributed by atoms with Gasteiger partial charge in [0.15, 0.2) is 0 Å². The molecule has 1 N–H and O–H groups in total. The molecule has 1 aliphatic rings. The summed E-state index contributed by atoms with van der Waals surface area (Å²) in [6, 6.07) is 10.6. The van der Waals surface area contributed by atoms with Crippen molar-refractivity contribution in [2.45, 2.75) is 25.2 Å². The number of hydrogen-bond acceptors (Lipinski definition) is 3. The molecule has 3 rings (SSSR count). The van der Waals surface area contributed by atoms with Crippen LogP contribution < -0.4 is 9.46 Å². The maximum Gasteiger partial charge on any atom is 0.261 e. The number of aryl methyl sites for hydroxylation is 1. The van der Waals surface area contributed by atoms with Crippen LogP contribution >= 0.6 is 0 Å². The van der Waals surface area contributed by atoms with Gasteiger partial charge in [0.05, 0.1) is 17.2 Å². The molecule has 0 saturated heterocycles. The predicted molar refractivity (Wildman–Crippen MR) is 82.4 cm³/mol. The zero-order chi connectivity index (χ0) is 15.0. The van der Waals surface area contributed by atoms with Crippen molar-refractivity contribution in [3.05, 3.63) is 53.1 Å². The molecular weight excluding hydrogens is 286 g/mol. The van der Waals surface area contributed by atoms with E-state index in [1.807, 2.05) is 26.0 Å². The van der Waals surface area contributed by atoms with Crippen LogP contribution in [0.25, 0.3) is 0 Å². The lowest BCUT2D eigenvalue weighted by molar-refractivity contribution is 0.356. The zero-order valence-electron chi connectivity index (χ0n) is 12.0. The van der Waals surface area contributed by atoms with Crippen LogP contribution in [0.3, 0.4) is 0 Å². The summed E-state index contributed by atoms with van der Waals surface area (Å²) in [5.41, 5.74) is 3.55. The van der Waals surface area contributed by atoms with E-state index in [0.29, 0.717) is 12.3 Å². The fourth-order valence-corrected chi connectivity index (χ4v) is 3.57. The van der Waals surface area contributed by atoms with E-state index in [9.17, 15) is 8.42 Å². The summed E-state index contributed by atoms with van der Waals surface area (Å²) < 4.78 is 33.1. The van der Waals surface area contributed by atoms with Crippen LogP contribution in [-0.4, -0.2) is 15.0 Å². The Balaban J connectivity index is 1.96. The van der Waals surface area contributed by atoms with Gasteiger partial charge in [-0.3, -0.25) is 4.72 Å². The molecule has 0 amide bonds. The molecule has 0 bridgehead atoms. The van der Waals surface area contributed by atoms with Crippen LogP contribution in [0.4, 0.5) is 5.69 Å². The van der Waals surface area contributed by atoms with Crippen molar-refractivity contribution < 1.29 is 13.2 Å². The Kier molecular flexibility index (Phi) is 3.37. The molecule has 0 atom stereocenters. The summed E-state index contributed by atoms with van der Waals surface area (Å²) in [6.45, 7) is 4.48. The monoisotopic (exact) mass is 303 g/mol. The van der Waals surface area contributed by atoms with E-state index in [1.54, 1.807) is 24.3 Å². The van der Waals surface area contributed by atoms with Crippen molar-refractivity contribution >= 4 is 15.7 Å². The summed E-state index contributed by atoms with van der Waals surface area (Å²) in [7, 11) is -3.58. The van der Waals surface area contributed by atoms with Crippen molar-refractivity contribution in [2.24, 2.45) is 0 Å². The molecule has 0 fully saturated rings. The van der Waals surface area contributed by atoms with E-state index >= 15 is 0 Å². The third kappa shape index (κ3) is 2.61. The molecule has 4 nitrogen and oxygen atoms in total. The van der Waals surface area contributed by atoms with Gasteiger partial charge in [0, 0.05) is 6.42 Å². The van der Waals surface area contributed by atoms with Gasteiger partial charge in [0.2, 0.25) is 0 Å². The van der Waals surface area contributed by atoms with Crippen LogP contribution in [-0.2, 0) is 16.4 Å². The van der Waals surface area contributed by atoms with Crippen molar-refractivity contribution in [3.63, 3.8) is 0 Å². The number of benzene rings is 2. The highest BCUT2D eigenvalue weighted by molar-refractivity contribution is 7.92. The van der Waals surface area contributed by atoms with Gasteiger partial charge in [-0.2, -0.15) is 0 Å². The molecule has 2 aromatic rings. The van der Waals surface area contributed by atoms with Crippen molar-refractivity contribution in [2.75, 3.05) is 11.3 Å². The van der Waals surface area contributed by atoms with Gasteiger partial charge >= 0.3 is 0 Å². The van der Waals surface area contributed by atoms with Gasteiger partial charge in [-0.1, -0.05) is 12.1 Å². The predicted octanol–water partition coefficient (Wildman–Crippen LogP) is 3.04. The second-order valence-corrected chi connectivity index (χ2v) is 6.90. The minimum atomic E-state index is -3.58. The molecule has 1 aliphatic heterocycles. The lowest BCUT2D eigenvalue weighted by Gasteiger charge is -2.12. The molecule has 2 aromatic carbocycles. The SMILES string of the molecule is Cc1cccc(NS(=O)(=O)c2ccc3c(c2)CCO3)c1C. The molecule has 0 aliphatic carbocycles. The summed E-state index contributed by atoms with van der Waals surface area (Å²) in [5.74, 6) is 0.778. The average Bonchev–Trinajstić information content (AvgIpc) is 2.91. The second-order valence-electron chi connectivity index (χ2n) is 5.22. The van der Waals surface area contributed by atoms with Gasteiger partial charge in [-0.05, 0) is 54.8 Å². The number of ether oxygens (including phenoxy) is 1. The summed E-state index contributed by atoms with van der Waals surface area (Å²) in [4.78, 5) is 0.271. The Labute approximate surface area is 124 Å². The molecule has 21 heavy (non-hydrogen) atoms. The van der Waals surface area contributed by atoms with E-state index < -0.39 is 10.0 Å². The summed E-state index contributed by atoms with van der Waals surface area (Å²) in [5, 5.41) is 0. The highest BCUT2D eigenvalue weighted by Crippen LogP contribution is 2.29. The van der Waals surface area contributed by atoms with Gasteiger partial charge < -0.3 is 4.74 Å².